The van der Waals surface area contributed by atoms with Gasteiger partial charge in [-0.05, 0) is 23.8 Å². The van der Waals surface area contributed by atoms with Gasteiger partial charge in [-0.25, -0.2) is 8.42 Å². The predicted molar refractivity (Wildman–Crippen MR) is 81.0 cm³/mol. The lowest BCUT2D eigenvalue weighted by Crippen LogP contribution is -2.27. The maximum absolute atomic E-state index is 12.5. The highest BCUT2D eigenvalue weighted by Gasteiger charge is 2.23. The van der Waals surface area contributed by atoms with E-state index >= 15 is 0 Å². The van der Waals surface area contributed by atoms with Crippen LogP contribution in [0.25, 0.3) is 0 Å². The normalized spacial score (nSPS) is 11.8. The number of nitrogens with zero attached hydrogens (tertiary/aromatic N) is 1. The minimum atomic E-state index is -3.64. The molecule has 106 valence electrons. The molecule has 0 atom stereocenters. The zero-order valence-corrected chi connectivity index (χ0v) is 12.5. The Balaban J connectivity index is 2.31. The van der Waals surface area contributed by atoms with Crippen LogP contribution in [0.2, 0.25) is 5.02 Å². The first-order chi connectivity index (χ1) is 9.43. The first kappa shape index (κ1) is 14.8. The van der Waals surface area contributed by atoms with Crippen molar-refractivity contribution in [1.29, 1.82) is 0 Å². The van der Waals surface area contributed by atoms with Crippen LogP contribution in [0.5, 0.6) is 0 Å². The van der Waals surface area contributed by atoms with Gasteiger partial charge in [0.05, 0.1) is 5.02 Å². The summed E-state index contributed by atoms with van der Waals surface area (Å²) in [6.07, 6.45) is 0. The van der Waals surface area contributed by atoms with Crippen LogP contribution >= 0.6 is 11.6 Å². The number of hydrogen-bond donors (Lipinski definition) is 1. The van der Waals surface area contributed by atoms with Crippen LogP contribution in [-0.2, 0) is 16.6 Å². The second-order valence-corrected chi connectivity index (χ2v) is 6.81. The minimum Gasteiger partial charge on any atom is -0.398 e. The second kappa shape index (κ2) is 5.83. The third-order valence-corrected chi connectivity index (χ3v) is 5.28. The van der Waals surface area contributed by atoms with Crippen LogP contribution in [0.1, 0.15) is 5.56 Å². The van der Waals surface area contributed by atoms with Gasteiger partial charge in [-0.1, -0.05) is 41.9 Å². The van der Waals surface area contributed by atoms with E-state index < -0.39 is 10.0 Å². The third kappa shape index (κ3) is 2.95. The highest BCUT2D eigenvalue weighted by Crippen LogP contribution is 2.25. The van der Waals surface area contributed by atoms with Crippen molar-refractivity contribution in [2.45, 2.75) is 11.4 Å². The van der Waals surface area contributed by atoms with Gasteiger partial charge in [0.15, 0.2) is 0 Å². The summed E-state index contributed by atoms with van der Waals surface area (Å²) in [4.78, 5) is 0.0960. The fourth-order valence-corrected chi connectivity index (χ4v) is 3.46. The Morgan fingerprint density at radius 2 is 1.70 bits per heavy atom. The topological polar surface area (TPSA) is 63.4 Å². The van der Waals surface area contributed by atoms with Gasteiger partial charge < -0.3 is 5.73 Å². The molecule has 6 heteroatoms. The molecule has 20 heavy (non-hydrogen) atoms. The van der Waals surface area contributed by atoms with Crippen LogP contribution < -0.4 is 5.73 Å². The van der Waals surface area contributed by atoms with E-state index in [0.717, 1.165) is 5.56 Å². The maximum Gasteiger partial charge on any atom is 0.244 e. The van der Waals surface area contributed by atoms with Crippen molar-refractivity contribution in [3.63, 3.8) is 0 Å². The first-order valence-electron chi connectivity index (χ1n) is 5.97. The lowest BCUT2D eigenvalue weighted by atomic mass is 10.2. The van der Waals surface area contributed by atoms with E-state index in [0.29, 0.717) is 5.69 Å². The molecule has 4 nitrogen and oxygen atoms in total. The van der Waals surface area contributed by atoms with Gasteiger partial charge in [0.25, 0.3) is 0 Å². The molecule has 0 saturated heterocycles. The van der Waals surface area contributed by atoms with Crippen LogP contribution in [-0.4, -0.2) is 19.8 Å². The molecular weight excluding hydrogens is 296 g/mol. The molecule has 0 saturated carbocycles. The number of hydrogen-bond acceptors (Lipinski definition) is 3. The van der Waals surface area contributed by atoms with Crippen LogP contribution in [0.3, 0.4) is 0 Å². The molecule has 0 unspecified atom stereocenters. The lowest BCUT2D eigenvalue weighted by Gasteiger charge is -2.18. The van der Waals surface area contributed by atoms with Crippen molar-refractivity contribution in [3.8, 4) is 0 Å². The molecule has 0 spiro atoms. The molecule has 0 aliphatic carbocycles. The largest absolute Gasteiger partial charge is 0.398 e. The molecule has 0 bridgehead atoms. The number of anilines is 1. The molecule has 0 heterocycles. The summed E-state index contributed by atoms with van der Waals surface area (Å²) in [5.74, 6) is 0. The number of sulfonamides is 1. The van der Waals surface area contributed by atoms with E-state index in [-0.39, 0.29) is 16.5 Å². The van der Waals surface area contributed by atoms with Gasteiger partial charge in [-0.2, -0.15) is 4.31 Å². The number of halogens is 1. The van der Waals surface area contributed by atoms with Gasteiger partial charge >= 0.3 is 0 Å². The van der Waals surface area contributed by atoms with E-state index in [4.69, 9.17) is 17.3 Å². The fraction of sp³-hybridized carbons (Fsp3) is 0.143. The molecule has 2 aromatic carbocycles. The number of benzene rings is 2. The van der Waals surface area contributed by atoms with E-state index in [1.807, 2.05) is 6.07 Å². The van der Waals surface area contributed by atoms with Crippen molar-refractivity contribution in [3.05, 3.63) is 59.1 Å². The van der Waals surface area contributed by atoms with Crippen molar-refractivity contribution >= 4 is 27.3 Å². The summed E-state index contributed by atoms with van der Waals surface area (Å²) < 4.78 is 26.2. The maximum atomic E-state index is 12.5. The quantitative estimate of drug-likeness (QED) is 0.883. The Kier molecular flexibility index (Phi) is 4.32. The summed E-state index contributed by atoms with van der Waals surface area (Å²) in [7, 11) is -2.13. The van der Waals surface area contributed by atoms with Gasteiger partial charge in [-0.3, -0.25) is 0 Å². The molecule has 0 radical (unpaired) electrons. The molecule has 0 aliphatic heterocycles. The Hall–Kier alpha value is -1.56. The number of para-hydroxylation sites is 1. The molecular formula is C14H15ClN2O2S. The van der Waals surface area contributed by atoms with Gasteiger partial charge in [-0.15, -0.1) is 0 Å². The molecule has 0 aliphatic rings. The average molecular weight is 311 g/mol. The van der Waals surface area contributed by atoms with Crippen molar-refractivity contribution in [1.82, 2.24) is 4.31 Å². The van der Waals surface area contributed by atoms with E-state index in [1.54, 1.807) is 36.4 Å². The summed E-state index contributed by atoms with van der Waals surface area (Å²) in [6.45, 7) is 0.195. The predicted octanol–water partition coefficient (Wildman–Crippen LogP) is 2.74. The molecule has 2 rings (SSSR count). The standard InChI is InChI=1S/C14H15ClN2O2S/c1-17(10-11-6-2-4-8-13(11)16)20(18,19)14-9-5-3-7-12(14)15/h2-9H,10,16H2,1H3. The van der Waals surface area contributed by atoms with E-state index in [1.165, 1.54) is 17.4 Å². The molecule has 0 amide bonds. The van der Waals surface area contributed by atoms with Gasteiger partial charge in [0.2, 0.25) is 10.0 Å². The Morgan fingerprint density at radius 3 is 2.35 bits per heavy atom. The Labute approximate surface area is 123 Å². The Bertz CT molecular complexity index is 717. The molecule has 0 aromatic heterocycles. The SMILES string of the molecule is CN(Cc1ccccc1N)S(=O)(=O)c1ccccc1Cl. The van der Waals surface area contributed by atoms with Crippen LogP contribution in [0.4, 0.5) is 5.69 Å². The third-order valence-electron chi connectivity index (χ3n) is 2.97. The van der Waals surface area contributed by atoms with Crippen molar-refractivity contribution in [2.75, 3.05) is 12.8 Å². The van der Waals surface area contributed by atoms with Gasteiger partial charge in [0.1, 0.15) is 4.90 Å². The highest BCUT2D eigenvalue weighted by molar-refractivity contribution is 7.89. The molecule has 0 fully saturated rings. The highest BCUT2D eigenvalue weighted by atomic mass is 35.5. The average Bonchev–Trinajstić information content (AvgIpc) is 2.41. The zero-order chi connectivity index (χ0) is 14.8. The second-order valence-electron chi connectivity index (χ2n) is 4.39. The zero-order valence-electron chi connectivity index (χ0n) is 11.0. The van der Waals surface area contributed by atoms with Crippen LogP contribution in [0, 0.1) is 0 Å². The van der Waals surface area contributed by atoms with Crippen molar-refractivity contribution in [2.24, 2.45) is 0 Å². The smallest absolute Gasteiger partial charge is 0.244 e. The van der Waals surface area contributed by atoms with E-state index in [9.17, 15) is 8.42 Å². The monoisotopic (exact) mass is 310 g/mol. The number of nitrogens with two attached hydrogens (primary N) is 1. The Morgan fingerprint density at radius 1 is 1.10 bits per heavy atom. The molecule has 2 N–H and O–H groups in total. The van der Waals surface area contributed by atoms with E-state index in [2.05, 4.69) is 0 Å². The number of rotatable bonds is 4. The molecule has 2 aromatic rings. The summed E-state index contributed by atoms with van der Waals surface area (Å²) in [5.41, 5.74) is 7.15. The fourth-order valence-electron chi connectivity index (χ4n) is 1.82. The lowest BCUT2D eigenvalue weighted by molar-refractivity contribution is 0.467. The van der Waals surface area contributed by atoms with Crippen molar-refractivity contribution < 1.29 is 8.42 Å². The summed E-state index contributed by atoms with van der Waals surface area (Å²) in [5, 5.41) is 0.209. The van der Waals surface area contributed by atoms with Crippen LogP contribution in [0.15, 0.2) is 53.4 Å². The van der Waals surface area contributed by atoms with Gasteiger partial charge in [0, 0.05) is 19.3 Å². The summed E-state index contributed by atoms with van der Waals surface area (Å²) >= 11 is 5.96. The summed E-state index contributed by atoms with van der Waals surface area (Å²) in [6, 6.07) is 13.5. The first-order valence-corrected chi connectivity index (χ1v) is 7.79. The number of nitrogen functional groups attached to an aromatic ring is 1. The minimum absolute atomic E-state index is 0.0960.